The van der Waals surface area contributed by atoms with Crippen LogP contribution < -0.4 is 4.74 Å². The largest absolute Gasteiger partial charge is 0.487 e. The molecule has 0 aliphatic heterocycles. The molecule has 0 radical (unpaired) electrons. The zero-order valence-electron chi connectivity index (χ0n) is 13.6. The molecule has 0 amide bonds. The van der Waals surface area contributed by atoms with E-state index < -0.39 is 6.04 Å². The lowest BCUT2D eigenvalue weighted by atomic mass is 10.2. The summed E-state index contributed by atoms with van der Waals surface area (Å²) < 4.78 is 6.02. The number of hydrogen-bond acceptors (Lipinski definition) is 5. The lowest BCUT2D eigenvalue weighted by Gasteiger charge is -2.18. The van der Waals surface area contributed by atoms with Gasteiger partial charge in [0.05, 0.1) is 11.2 Å². The van der Waals surface area contributed by atoms with Gasteiger partial charge in [0, 0.05) is 22.8 Å². The molecule has 0 aliphatic rings. The lowest BCUT2D eigenvalue weighted by Crippen LogP contribution is -2.28. The van der Waals surface area contributed by atoms with Crippen LogP contribution in [0.15, 0.2) is 70.9 Å². The Morgan fingerprint density at radius 1 is 1.12 bits per heavy atom. The second-order valence-electron chi connectivity index (χ2n) is 5.52. The Morgan fingerprint density at radius 3 is 2.68 bits per heavy atom. The predicted molar refractivity (Wildman–Crippen MR) is 100 cm³/mol. The molecule has 6 heteroatoms. The van der Waals surface area contributed by atoms with Crippen LogP contribution in [-0.2, 0) is 0 Å². The predicted octanol–water partition coefficient (Wildman–Crippen LogP) is 5.46. The Morgan fingerprint density at radius 2 is 1.92 bits per heavy atom. The number of benzene rings is 2. The summed E-state index contributed by atoms with van der Waals surface area (Å²) in [5, 5.41) is 5.21. The number of nitrogens with zero attached hydrogens (tertiary/aromatic N) is 3. The van der Waals surface area contributed by atoms with Crippen molar-refractivity contribution < 1.29 is 4.74 Å². The van der Waals surface area contributed by atoms with E-state index in [-0.39, 0.29) is 6.10 Å². The quantitative estimate of drug-likeness (QED) is 0.472. The number of aliphatic imine (C=N–C) groups is 1. The molecule has 2 aromatic carbocycles. The summed E-state index contributed by atoms with van der Waals surface area (Å²) in [5.74, 6) is 0.714. The van der Waals surface area contributed by atoms with Gasteiger partial charge in [-0.2, -0.15) is 5.11 Å². The van der Waals surface area contributed by atoms with Gasteiger partial charge in [0.1, 0.15) is 17.9 Å². The van der Waals surface area contributed by atoms with Gasteiger partial charge in [-0.3, -0.25) is 9.98 Å². The van der Waals surface area contributed by atoms with Crippen LogP contribution >= 0.6 is 11.6 Å². The van der Waals surface area contributed by atoms with E-state index in [1.807, 2.05) is 49.4 Å². The summed E-state index contributed by atoms with van der Waals surface area (Å²) >= 11 is 5.86. The van der Waals surface area contributed by atoms with Gasteiger partial charge in [-0.1, -0.05) is 17.7 Å². The normalized spacial score (nSPS) is 13.7. The van der Waals surface area contributed by atoms with Crippen molar-refractivity contribution in [3.63, 3.8) is 0 Å². The summed E-state index contributed by atoms with van der Waals surface area (Å²) in [5.41, 5.74) is 9.05. The highest BCUT2D eigenvalue weighted by Crippen LogP contribution is 2.25. The van der Waals surface area contributed by atoms with E-state index in [1.165, 1.54) is 0 Å². The minimum absolute atomic E-state index is 0.348. The molecular formula is C19H17ClN4O. The van der Waals surface area contributed by atoms with Crippen molar-refractivity contribution in [1.82, 2.24) is 4.98 Å². The number of rotatable bonds is 6. The molecule has 3 aromatic rings. The fourth-order valence-electron chi connectivity index (χ4n) is 2.40. The van der Waals surface area contributed by atoms with Crippen molar-refractivity contribution in [1.29, 1.82) is 5.53 Å². The Bertz CT molecular complexity index is 890. The van der Waals surface area contributed by atoms with Crippen molar-refractivity contribution in [2.75, 3.05) is 0 Å². The van der Waals surface area contributed by atoms with Gasteiger partial charge < -0.3 is 4.74 Å². The third kappa shape index (κ3) is 4.19. The molecule has 1 N–H and O–H groups in total. The number of fused-ring (bicyclic) bond motifs is 1. The molecule has 2 atom stereocenters. The molecule has 5 nitrogen and oxygen atoms in total. The Labute approximate surface area is 150 Å². The van der Waals surface area contributed by atoms with Crippen LogP contribution in [0, 0.1) is 5.53 Å². The maximum atomic E-state index is 7.44. The van der Waals surface area contributed by atoms with Crippen LogP contribution in [0.25, 0.3) is 10.9 Å². The van der Waals surface area contributed by atoms with Crippen LogP contribution in [0.3, 0.4) is 0 Å². The average Bonchev–Trinajstić information content (AvgIpc) is 2.64. The first-order chi connectivity index (χ1) is 12.2. The third-order valence-electron chi connectivity index (χ3n) is 3.75. The highest BCUT2D eigenvalue weighted by Gasteiger charge is 2.17. The highest BCUT2D eigenvalue weighted by molar-refractivity contribution is 6.30. The van der Waals surface area contributed by atoms with Crippen LogP contribution in [0.2, 0.25) is 5.02 Å². The van der Waals surface area contributed by atoms with Crippen LogP contribution in [0.1, 0.15) is 6.92 Å². The second kappa shape index (κ2) is 7.85. The summed E-state index contributed by atoms with van der Waals surface area (Å²) in [6, 6.07) is 16.2. The van der Waals surface area contributed by atoms with E-state index in [2.05, 4.69) is 15.1 Å². The molecule has 0 spiro atoms. The molecule has 0 aliphatic carbocycles. The van der Waals surface area contributed by atoms with E-state index in [1.54, 1.807) is 24.5 Å². The number of aromatic nitrogens is 1. The Kier molecular flexibility index (Phi) is 5.36. The molecule has 0 bridgehead atoms. The van der Waals surface area contributed by atoms with E-state index in [0.717, 1.165) is 16.6 Å². The molecule has 0 saturated carbocycles. The summed E-state index contributed by atoms with van der Waals surface area (Å²) in [4.78, 5) is 8.67. The first-order valence-corrected chi connectivity index (χ1v) is 8.22. The summed E-state index contributed by atoms with van der Waals surface area (Å²) in [6.45, 7) is 1.87. The SMILES string of the molecule is CC(Oc1cccc2ncccc12)C(C=Nc1ccc(Cl)cc1)N=N. The second-order valence-corrected chi connectivity index (χ2v) is 5.96. The molecular weight excluding hydrogens is 336 g/mol. The van der Waals surface area contributed by atoms with Crippen molar-refractivity contribution in [2.24, 2.45) is 10.1 Å². The van der Waals surface area contributed by atoms with Crippen LogP contribution in [0.4, 0.5) is 5.69 Å². The van der Waals surface area contributed by atoms with E-state index in [9.17, 15) is 0 Å². The molecule has 3 rings (SSSR count). The standard InChI is InChI=1S/C19H17ClN4O/c1-13(18(24-21)12-23-15-9-7-14(20)8-10-15)25-19-6-2-5-17-16(19)4-3-11-22-17/h2-13,18,21H,1H3. The molecule has 25 heavy (non-hydrogen) atoms. The minimum Gasteiger partial charge on any atom is -0.487 e. The fourth-order valence-corrected chi connectivity index (χ4v) is 2.52. The summed E-state index contributed by atoms with van der Waals surface area (Å²) in [6.07, 6.45) is 3.01. The number of nitrogens with one attached hydrogen (secondary N) is 1. The molecule has 1 aromatic heterocycles. The van der Waals surface area contributed by atoms with Crippen LogP contribution in [-0.4, -0.2) is 23.3 Å². The molecule has 0 fully saturated rings. The average molecular weight is 353 g/mol. The van der Waals surface area contributed by atoms with Gasteiger partial charge >= 0.3 is 0 Å². The molecule has 0 saturated heterocycles. The van der Waals surface area contributed by atoms with Crippen molar-refractivity contribution in [3.8, 4) is 5.75 Å². The number of pyridine rings is 1. The maximum Gasteiger partial charge on any atom is 0.142 e. The van der Waals surface area contributed by atoms with Crippen molar-refractivity contribution >= 4 is 34.4 Å². The number of hydrogen-bond donors (Lipinski definition) is 1. The maximum absolute atomic E-state index is 7.44. The highest BCUT2D eigenvalue weighted by atomic mass is 35.5. The topological polar surface area (TPSA) is 70.7 Å². The molecule has 1 heterocycles. The zero-order valence-corrected chi connectivity index (χ0v) is 14.4. The number of ether oxygens (including phenoxy) is 1. The van der Waals surface area contributed by atoms with Crippen LogP contribution in [0.5, 0.6) is 5.75 Å². The van der Waals surface area contributed by atoms with Crippen molar-refractivity contribution in [2.45, 2.75) is 19.1 Å². The first kappa shape index (κ1) is 17.0. The Balaban J connectivity index is 1.76. The monoisotopic (exact) mass is 352 g/mol. The fraction of sp³-hybridized carbons (Fsp3) is 0.158. The lowest BCUT2D eigenvalue weighted by molar-refractivity contribution is 0.214. The van der Waals surface area contributed by atoms with Gasteiger partial charge in [0.2, 0.25) is 0 Å². The van der Waals surface area contributed by atoms with Gasteiger partial charge in [-0.15, -0.1) is 0 Å². The van der Waals surface area contributed by atoms with E-state index in [0.29, 0.717) is 10.8 Å². The van der Waals surface area contributed by atoms with E-state index in [4.69, 9.17) is 21.9 Å². The summed E-state index contributed by atoms with van der Waals surface area (Å²) in [7, 11) is 0. The van der Waals surface area contributed by atoms with Crippen molar-refractivity contribution in [3.05, 3.63) is 65.8 Å². The Hall–Kier alpha value is -2.79. The van der Waals surface area contributed by atoms with Gasteiger partial charge in [-0.05, 0) is 55.5 Å². The zero-order chi connectivity index (χ0) is 17.6. The number of halogens is 1. The molecule has 126 valence electrons. The third-order valence-corrected chi connectivity index (χ3v) is 4.00. The smallest absolute Gasteiger partial charge is 0.142 e. The van der Waals surface area contributed by atoms with Gasteiger partial charge in [-0.25, -0.2) is 5.53 Å². The van der Waals surface area contributed by atoms with E-state index >= 15 is 0 Å². The van der Waals surface area contributed by atoms with Gasteiger partial charge in [0.15, 0.2) is 0 Å². The van der Waals surface area contributed by atoms with Gasteiger partial charge in [0.25, 0.3) is 0 Å². The minimum atomic E-state index is -0.498. The first-order valence-electron chi connectivity index (χ1n) is 7.84. The molecule has 2 unspecified atom stereocenters.